The lowest BCUT2D eigenvalue weighted by molar-refractivity contribution is 0.261. The number of aromatic hydroxyl groups is 1. The minimum Gasteiger partial charge on any atom is -0.508 e. The van der Waals surface area contributed by atoms with E-state index in [0.29, 0.717) is 0 Å². The Morgan fingerprint density at radius 1 is 1.38 bits per heavy atom. The largest absolute Gasteiger partial charge is 0.508 e. The Bertz CT molecular complexity index is 409. The summed E-state index contributed by atoms with van der Waals surface area (Å²) in [6.07, 6.45) is 0.758. The van der Waals surface area contributed by atoms with E-state index in [4.69, 9.17) is 0 Å². The summed E-state index contributed by atoms with van der Waals surface area (Å²) in [5, 5.41) is 13.1. The zero-order valence-electron chi connectivity index (χ0n) is 9.97. The summed E-state index contributed by atoms with van der Waals surface area (Å²) in [6.45, 7) is 7.17. The fourth-order valence-corrected chi connectivity index (χ4v) is 2.40. The van der Waals surface area contributed by atoms with E-state index in [1.54, 1.807) is 0 Å². The lowest BCUT2D eigenvalue weighted by atomic mass is 9.78. The summed E-state index contributed by atoms with van der Waals surface area (Å²) in [7, 11) is 0. The molecule has 1 aromatic rings. The van der Waals surface area contributed by atoms with Gasteiger partial charge in [0, 0.05) is 17.7 Å². The predicted octanol–water partition coefficient (Wildman–Crippen LogP) is 2.76. The Hall–Kier alpha value is -1.09. The molecule has 0 radical (unpaired) electrons. The molecule has 3 heteroatoms. The molecule has 0 fully saturated rings. The number of fused-ring (bicyclic) bond motifs is 1. The SMILES string of the molecule is CC(C)(C)C1NCCc2c(O)cc(F)cc21. The molecule has 1 heterocycles. The number of nitrogens with one attached hydrogen (secondary N) is 1. The topological polar surface area (TPSA) is 32.3 Å². The van der Waals surface area contributed by atoms with Crippen molar-refractivity contribution in [3.8, 4) is 5.75 Å². The number of phenols is 1. The molecule has 0 saturated heterocycles. The number of phenolic OH excluding ortho intramolecular Hbond substituents is 1. The summed E-state index contributed by atoms with van der Waals surface area (Å²) in [5.41, 5.74) is 1.80. The molecule has 0 spiro atoms. The first kappa shape index (κ1) is 11.4. The van der Waals surface area contributed by atoms with Crippen LogP contribution in [0.2, 0.25) is 0 Å². The third-order valence-corrected chi connectivity index (χ3v) is 3.13. The van der Waals surface area contributed by atoms with E-state index >= 15 is 0 Å². The number of hydrogen-bond donors (Lipinski definition) is 2. The maximum atomic E-state index is 13.3. The molecule has 2 nitrogen and oxygen atoms in total. The highest BCUT2D eigenvalue weighted by Gasteiger charge is 2.31. The van der Waals surface area contributed by atoms with Crippen molar-refractivity contribution in [2.24, 2.45) is 5.41 Å². The molecular weight excluding hydrogens is 205 g/mol. The Morgan fingerprint density at radius 3 is 2.69 bits per heavy atom. The van der Waals surface area contributed by atoms with Crippen molar-refractivity contribution in [3.05, 3.63) is 29.1 Å². The number of halogens is 1. The highest BCUT2D eigenvalue weighted by molar-refractivity contribution is 5.43. The number of benzene rings is 1. The van der Waals surface area contributed by atoms with Crippen LogP contribution in [0.4, 0.5) is 4.39 Å². The van der Waals surface area contributed by atoms with Gasteiger partial charge in [-0.05, 0) is 30.0 Å². The third-order valence-electron chi connectivity index (χ3n) is 3.13. The number of hydrogen-bond acceptors (Lipinski definition) is 2. The van der Waals surface area contributed by atoms with Gasteiger partial charge in [0.25, 0.3) is 0 Å². The molecule has 0 saturated carbocycles. The summed E-state index contributed by atoms with van der Waals surface area (Å²) in [4.78, 5) is 0. The Morgan fingerprint density at radius 2 is 2.06 bits per heavy atom. The normalized spacial score (nSPS) is 20.6. The molecule has 1 aromatic carbocycles. The van der Waals surface area contributed by atoms with Crippen LogP contribution >= 0.6 is 0 Å². The Labute approximate surface area is 95.5 Å². The van der Waals surface area contributed by atoms with Crippen LogP contribution in [-0.4, -0.2) is 11.7 Å². The minimum atomic E-state index is -0.366. The van der Waals surface area contributed by atoms with Gasteiger partial charge < -0.3 is 10.4 Å². The van der Waals surface area contributed by atoms with Crippen molar-refractivity contribution in [1.82, 2.24) is 5.32 Å². The monoisotopic (exact) mass is 223 g/mol. The predicted molar refractivity (Wildman–Crippen MR) is 62.0 cm³/mol. The Balaban J connectivity index is 2.54. The molecule has 1 aliphatic heterocycles. The zero-order chi connectivity index (χ0) is 11.9. The van der Waals surface area contributed by atoms with E-state index in [1.807, 2.05) is 0 Å². The van der Waals surface area contributed by atoms with Crippen LogP contribution in [0.5, 0.6) is 5.75 Å². The van der Waals surface area contributed by atoms with Crippen LogP contribution in [0.25, 0.3) is 0 Å². The molecule has 1 unspecified atom stereocenters. The van der Waals surface area contributed by atoms with Gasteiger partial charge in [-0.15, -0.1) is 0 Å². The molecular formula is C13H18FNO. The second kappa shape index (κ2) is 3.74. The van der Waals surface area contributed by atoms with Gasteiger partial charge in [-0.3, -0.25) is 0 Å². The van der Waals surface area contributed by atoms with Crippen molar-refractivity contribution >= 4 is 0 Å². The summed E-state index contributed by atoms with van der Waals surface area (Å²) in [5.74, 6) is -0.278. The summed E-state index contributed by atoms with van der Waals surface area (Å²) in [6, 6.07) is 2.83. The van der Waals surface area contributed by atoms with Crippen LogP contribution < -0.4 is 5.32 Å². The molecule has 0 aliphatic carbocycles. The molecule has 0 aromatic heterocycles. The van der Waals surface area contributed by atoms with Crippen LogP contribution in [-0.2, 0) is 6.42 Å². The van der Waals surface area contributed by atoms with Crippen molar-refractivity contribution < 1.29 is 9.50 Å². The second-order valence-corrected chi connectivity index (χ2v) is 5.50. The first-order chi connectivity index (χ1) is 7.39. The molecule has 16 heavy (non-hydrogen) atoms. The van der Waals surface area contributed by atoms with Crippen LogP contribution in [0.15, 0.2) is 12.1 Å². The molecule has 88 valence electrons. The van der Waals surface area contributed by atoms with Gasteiger partial charge in [-0.25, -0.2) is 4.39 Å². The summed E-state index contributed by atoms with van der Waals surface area (Å²) >= 11 is 0. The fraction of sp³-hybridized carbons (Fsp3) is 0.538. The van der Waals surface area contributed by atoms with E-state index in [1.165, 1.54) is 12.1 Å². The van der Waals surface area contributed by atoms with Gasteiger partial charge in [0.2, 0.25) is 0 Å². The average molecular weight is 223 g/mol. The van der Waals surface area contributed by atoms with Crippen molar-refractivity contribution in [2.75, 3.05) is 6.54 Å². The molecule has 1 atom stereocenters. The van der Waals surface area contributed by atoms with Crippen molar-refractivity contribution in [1.29, 1.82) is 0 Å². The lowest BCUT2D eigenvalue weighted by Crippen LogP contribution is -2.37. The molecule has 2 rings (SSSR count). The third kappa shape index (κ3) is 1.92. The first-order valence-corrected chi connectivity index (χ1v) is 5.64. The van der Waals surface area contributed by atoms with E-state index in [9.17, 15) is 9.50 Å². The van der Waals surface area contributed by atoms with E-state index in [2.05, 4.69) is 26.1 Å². The quantitative estimate of drug-likeness (QED) is 0.709. The highest BCUT2D eigenvalue weighted by Crippen LogP contribution is 2.39. The van der Waals surface area contributed by atoms with Gasteiger partial charge in [0.05, 0.1) is 0 Å². The van der Waals surface area contributed by atoms with Gasteiger partial charge in [0.1, 0.15) is 11.6 Å². The Kier molecular flexibility index (Phi) is 2.66. The standard InChI is InChI=1S/C13H18FNO/c1-13(2,3)12-10-6-8(14)7-11(16)9(10)4-5-15-12/h6-7,12,15-16H,4-5H2,1-3H3. The van der Waals surface area contributed by atoms with Gasteiger partial charge in [-0.2, -0.15) is 0 Å². The first-order valence-electron chi connectivity index (χ1n) is 5.64. The van der Waals surface area contributed by atoms with Gasteiger partial charge in [0.15, 0.2) is 0 Å². The minimum absolute atomic E-state index is 0.00933. The lowest BCUT2D eigenvalue weighted by Gasteiger charge is -2.36. The molecule has 2 N–H and O–H groups in total. The molecule has 1 aliphatic rings. The second-order valence-electron chi connectivity index (χ2n) is 5.50. The zero-order valence-corrected chi connectivity index (χ0v) is 9.97. The van der Waals surface area contributed by atoms with E-state index in [0.717, 1.165) is 24.1 Å². The average Bonchev–Trinajstić information content (AvgIpc) is 2.15. The van der Waals surface area contributed by atoms with E-state index in [-0.39, 0.29) is 23.0 Å². The van der Waals surface area contributed by atoms with Crippen LogP contribution in [0, 0.1) is 11.2 Å². The summed E-state index contributed by atoms with van der Waals surface area (Å²) < 4.78 is 13.3. The van der Waals surface area contributed by atoms with Gasteiger partial charge in [-0.1, -0.05) is 20.8 Å². The van der Waals surface area contributed by atoms with Crippen LogP contribution in [0.3, 0.4) is 0 Å². The maximum Gasteiger partial charge on any atom is 0.127 e. The van der Waals surface area contributed by atoms with Crippen molar-refractivity contribution in [3.63, 3.8) is 0 Å². The molecule has 0 amide bonds. The van der Waals surface area contributed by atoms with Crippen LogP contribution in [0.1, 0.15) is 37.9 Å². The number of rotatable bonds is 0. The highest BCUT2D eigenvalue weighted by atomic mass is 19.1. The van der Waals surface area contributed by atoms with E-state index < -0.39 is 0 Å². The molecule has 0 bridgehead atoms. The fourth-order valence-electron chi connectivity index (χ4n) is 2.40. The maximum absolute atomic E-state index is 13.3. The van der Waals surface area contributed by atoms with Crippen molar-refractivity contribution in [2.45, 2.75) is 33.2 Å². The van der Waals surface area contributed by atoms with Gasteiger partial charge >= 0.3 is 0 Å². The smallest absolute Gasteiger partial charge is 0.127 e.